The summed E-state index contributed by atoms with van der Waals surface area (Å²) in [6.45, 7) is 2.14. The molecule has 0 aliphatic carbocycles. The third kappa shape index (κ3) is 2.78. The summed E-state index contributed by atoms with van der Waals surface area (Å²) >= 11 is 0. The number of hydrogen-bond acceptors (Lipinski definition) is 6. The first-order valence-corrected chi connectivity index (χ1v) is 5.78. The average Bonchev–Trinajstić information content (AvgIpc) is 2.40. The van der Waals surface area contributed by atoms with E-state index in [4.69, 9.17) is 4.84 Å². The number of anilines is 1. The van der Waals surface area contributed by atoms with Crippen LogP contribution in [0.15, 0.2) is 24.3 Å². The van der Waals surface area contributed by atoms with Crippen molar-refractivity contribution in [3.63, 3.8) is 0 Å². The summed E-state index contributed by atoms with van der Waals surface area (Å²) < 4.78 is 0. The predicted molar refractivity (Wildman–Crippen MR) is 62.9 cm³/mol. The summed E-state index contributed by atoms with van der Waals surface area (Å²) in [6.07, 6.45) is 3.29. The molecule has 1 aliphatic heterocycles. The molecule has 1 N–H and O–H groups in total. The first kappa shape index (κ1) is 12.4. The lowest BCUT2D eigenvalue weighted by molar-refractivity contribution is -0.192. The summed E-state index contributed by atoms with van der Waals surface area (Å²) in [4.78, 5) is 30.9. The van der Waals surface area contributed by atoms with Crippen molar-refractivity contribution in [2.24, 2.45) is 0 Å². The summed E-state index contributed by atoms with van der Waals surface area (Å²) in [5, 5.41) is 1.01. The standard InChI is InChI=1S/C12H14N2O4/c1-2-3-4-9-5-7-10(8-6-9)14-13-17-11(15)12(16)18-14/h5-8,13H,2-4H2,1H3. The van der Waals surface area contributed by atoms with Gasteiger partial charge in [0.1, 0.15) is 0 Å². The zero-order valence-corrected chi connectivity index (χ0v) is 10.0. The quantitative estimate of drug-likeness (QED) is 0.812. The molecule has 0 unspecified atom stereocenters. The van der Waals surface area contributed by atoms with Crippen molar-refractivity contribution in [3.8, 4) is 0 Å². The Bertz CT molecular complexity index is 444. The molecule has 1 aliphatic rings. The number of carbonyl (C=O) groups excluding carboxylic acids is 2. The number of aryl methyl sites for hydroxylation is 1. The average molecular weight is 250 g/mol. The maximum absolute atomic E-state index is 11.0. The van der Waals surface area contributed by atoms with Crippen LogP contribution in [-0.2, 0) is 25.7 Å². The van der Waals surface area contributed by atoms with E-state index in [1.54, 1.807) is 12.1 Å². The third-order valence-corrected chi connectivity index (χ3v) is 2.55. The van der Waals surface area contributed by atoms with Gasteiger partial charge >= 0.3 is 11.9 Å². The first-order valence-electron chi connectivity index (χ1n) is 5.78. The van der Waals surface area contributed by atoms with Crippen LogP contribution in [0.1, 0.15) is 25.3 Å². The summed E-state index contributed by atoms with van der Waals surface area (Å²) in [7, 11) is 0. The van der Waals surface area contributed by atoms with Gasteiger partial charge in [-0.2, -0.15) is 0 Å². The third-order valence-electron chi connectivity index (χ3n) is 2.55. The van der Waals surface area contributed by atoms with Crippen molar-refractivity contribution in [3.05, 3.63) is 29.8 Å². The minimum Gasteiger partial charge on any atom is -0.338 e. The second-order valence-electron chi connectivity index (χ2n) is 3.92. The van der Waals surface area contributed by atoms with Gasteiger partial charge in [-0.1, -0.05) is 25.5 Å². The molecule has 6 heteroatoms. The van der Waals surface area contributed by atoms with Crippen LogP contribution in [0, 0.1) is 0 Å². The van der Waals surface area contributed by atoms with Crippen LogP contribution < -0.4 is 10.8 Å². The minimum absolute atomic E-state index is 0.580. The number of carbonyl (C=O) groups is 2. The van der Waals surface area contributed by atoms with E-state index in [-0.39, 0.29) is 0 Å². The summed E-state index contributed by atoms with van der Waals surface area (Å²) in [5.74, 6) is -2.12. The Balaban J connectivity index is 2.01. The van der Waals surface area contributed by atoms with Gasteiger partial charge in [-0.05, 0) is 36.1 Å². The number of rotatable bonds is 4. The zero-order valence-electron chi connectivity index (χ0n) is 10.0. The van der Waals surface area contributed by atoms with Gasteiger partial charge in [0.25, 0.3) is 0 Å². The molecule has 6 nitrogen and oxygen atoms in total. The van der Waals surface area contributed by atoms with Crippen LogP contribution in [0.4, 0.5) is 5.69 Å². The first-order chi connectivity index (χ1) is 8.70. The van der Waals surface area contributed by atoms with E-state index in [9.17, 15) is 9.59 Å². The van der Waals surface area contributed by atoms with Crippen LogP contribution in [0.2, 0.25) is 0 Å². The molecule has 1 saturated heterocycles. The Morgan fingerprint density at radius 2 is 1.89 bits per heavy atom. The summed E-state index contributed by atoms with van der Waals surface area (Å²) in [6, 6.07) is 7.45. The molecular weight excluding hydrogens is 236 g/mol. The van der Waals surface area contributed by atoms with Crippen molar-refractivity contribution in [2.45, 2.75) is 26.2 Å². The molecule has 1 heterocycles. The second-order valence-corrected chi connectivity index (χ2v) is 3.92. The minimum atomic E-state index is -1.06. The number of unbranched alkanes of at least 4 members (excludes halogenated alkanes) is 1. The molecule has 0 radical (unpaired) electrons. The van der Waals surface area contributed by atoms with Crippen LogP contribution in [0.25, 0.3) is 0 Å². The van der Waals surface area contributed by atoms with Crippen molar-refractivity contribution < 1.29 is 19.3 Å². The van der Waals surface area contributed by atoms with E-state index in [2.05, 4.69) is 17.4 Å². The van der Waals surface area contributed by atoms with E-state index in [0.717, 1.165) is 24.4 Å². The molecule has 0 spiro atoms. The smallest absolute Gasteiger partial charge is 0.338 e. The van der Waals surface area contributed by atoms with Gasteiger partial charge in [-0.3, -0.25) is 0 Å². The lowest BCUT2D eigenvalue weighted by Crippen LogP contribution is -2.49. The van der Waals surface area contributed by atoms with Gasteiger partial charge in [0.05, 0.1) is 5.69 Å². The van der Waals surface area contributed by atoms with Gasteiger partial charge in [-0.15, -0.1) is 5.17 Å². The Labute approximate surface area is 104 Å². The van der Waals surface area contributed by atoms with Gasteiger partial charge in [-0.25, -0.2) is 9.59 Å². The number of hydrogen-bond donors (Lipinski definition) is 1. The van der Waals surface area contributed by atoms with E-state index in [0.29, 0.717) is 5.69 Å². The Hall–Kier alpha value is -2.08. The number of nitrogens with one attached hydrogen (secondary N) is 1. The van der Waals surface area contributed by atoms with E-state index >= 15 is 0 Å². The fourth-order valence-electron chi connectivity index (χ4n) is 1.55. The maximum atomic E-state index is 11.0. The Morgan fingerprint density at radius 1 is 1.17 bits per heavy atom. The molecule has 1 aromatic carbocycles. The summed E-state index contributed by atoms with van der Waals surface area (Å²) in [5.41, 5.74) is 4.01. The number of nitrogens with zero attached hydrogens (tertiary/aromatic N) is 1. The molecule has 18 heavy (non-hydrogen) atoms. The Morgan fingerprint density at radius 3 is 2.50 bits per heavy atom. The second kappa shape index (κ2) is 5.50. The monoisotopic (exact) mass is 250 g/mol. The molecule has 2 rings (SSSR count). The molecule has 0 aromatic heterocycles. The Kier molecular flexibility index (Phi) is 3.78. The highest BCUT2D eigenvalue weighted by Gasteiger charge is 2.29. The zero-order chi connectivity index (χ0) is 13.0. The molecular formula is C12H14N2O4. The topological polar surface area (TPSA) is 67.9 Å². The largest absolute Gasteiger partial charge is 0.444 e. The van der Waals surface area contributed by atoms with E-state index < -0.39 is 11.9 Å². The van der Waals surface area contributed by atoms with Crippen LogP contribution in [0.5, 0.6) is 0 Å². The number of benzene rings is 1. The van der Waals surface area contributed by atoms with Gasteiger partial charge in [0, 0.05) is 0 Å². The van der Waals surface area contributed by atoms with Crippen LogP contribution in [0.3, 0.4) is 0 Å². The van der Waals surface area contributed by atoms with Crippen LogP contribution >= 0.6 is 0 Å². The van der Waals surface area contributed by atoms with Gasteiger partial charge in [0.2, 0.25) is 0 Å². The van der Waals surface area contributed by atoms with E-state index in [1.807, 2.05) is 12.1 Å². The molecule has 0 atom stereocenters. The van der Waals surface area contributed by atoms with Crippen molar-refractivity contribution >= 4 is 17.6 Å². The maximum Gasteiger partial charge on any atom is 0.444 e. The lowest BCUT2D eigenvalue weighted by Gasteiger charge is -2.25. The highest BCUT2D eigenvalue weighted by Crippen LogP contribution is 2.17. The molecule has 96 valence electrons. The lowest BCUT2D eigenvalue weighted by atomic mass is 10.1. The van der Waals surface area contributed by atoms with Crippen LogP contribution in [-0.4, -0.2) is 11.9 Å². The molecule has 0 saturated carbocycles. The van der Waals surface area contributed by atoms with Gasteiger partial charge < -0.3 is 9.68 Å². The highest BCUT2D eigenvalue weighted by molar-refractivity contribution is 6.30. The highest BCUT2D eigenvalue weighted by atomic mass is 16.9. The molecule has 0 bridgehead atoms. The van der Waals surface area contributed by atoms with Crippen molar-refractivity contribution in [2.75, 3.05) is 5.17 Å². The molecule has 1 aromatic rings. The fraction of sp³-hybridized carbons (Fsp3) is 0.333. The number of hydrazine groups is 1. The van der Waals surface area contributed by atoms with Crippen molar-refractivity contribution in [1.29, 1.82) is 0 Å². The van der Waals surface area contributed by atoms with Gasteiger partial charge in [0.15, 0.2) is 0 Å². The normalized spacial score (nSPS) is 15.3. The SMILES string of the molecule is CCCCc1ccc(N2NOC(=O)C(=O)O2)cc1. The molecule has 0 amide bonds. The fourth-order valence-corrected chi connectivity index (χ4v) is 1.55. The van der Waals surface area contributed by atoms with Crippen molar-refractivity contribution in [1.82, 2.24) is 5.59 Å². The predicted octanol–water partition coefficient (Wildman–Crippen LogP) is 1.27. The van der Waals surface area contributed by atoms with E-state index in [1.165, 1.54) is 5.56 Å². The molecule has 1 fully saturated rings.